The van der Waals surface area contributed by atoms with Gasteiger partial charge in [0.15, 0.2) is 0 Å². The molecule has 0 spiro atoms. The molecule has 1 aliphatic heterocycles. The van der Waals surface area contributed by atoms with Crippen LogP contribution in [-0.2, 0) is 25.5 Å². The van der Waals surface area contributed by atoms with E-state index in [0.717, 1.165) is 31.2 Å². The van der Waals surface area contributed by atoms with Gasteiger partial charge in [-0.3, -0.25) is 9.59 Å². The van der Waals surface area contributed by atoms with Crippen molar-refractivity contribution < 1.29 is 23.9 Å². The number of nitrogens with zero attached hydrogens (tertiary/aromatic N) is 1. The fourth-order valence-corrected chi connectivity index (χ4v) is 4.64. The number of cyclic esters (lactones) is 1. The molecule has 0 radical (unpaired) electrons. The second-order valence-corrected chi connectivity index (χ2v) is 9.86. The van der Waals surface area contributed by atoms with Crippen LogP contribution in [0.25, 0.3) is 0 Å². The Labute approximate surface area is 185 Å². The summed E-state index contributed by atoms with van der Waals surface area (Å²) >= 11 is 0. The third-order valence-corrected chi connectivity index (χ3v) is 6.04. The van der Waals surface area contributed by atoms with Crippen LogP contribution in [0.2, 0.25) is 0 Å². The van der Waals surface area contributed by atoms with E-state index in [4.69, 9.17) is 9.47 Å². The minimum absolute atomic E-state index is 0.00552. The van der Waals surface area contributed by atoms with Crippen LogP contribution in [0, 0.1) is 11.8 Å². The maximum absolute atomic E-state index is 13.5. The third kappa shape index (κ3) is 6.81. The predicted octanol–water partition coefficient (Wildman–Crippen LogP) is 4.89. The van der Waals surface area contributed by atoms with Gasteiger partial charge in [-0.05, 0) is 45.1 Å². The quantitative estimate of drug-likeness (QED) is 0.577. The van der Waals surface area contributed by atoms with E-state index >= 15 is 0 Å². The lowest BCUT2D eigenvalue weighted by Crippen LogP contribution is -2.45. The molecule has 6 nitrogen and oxygen atoms in total. The van der Waals surface area contributed by atoms with E-state index in [9.17, 15) is 14.4 Å². The Kier molecular flexibility index (Phi) is 7.74. The summed E-state index contributed by atoms with van der Waals surface area (Å²) in [6.45, 7) is 5.63. The van der Waals surface area contributed by atoms with Crippen LogP contribution >= 0.6 is 0 Å². The molecule has 1 aliphatic carbocycles. The standard InChI is InChI=1S/C25H35NO5/c1-25(2,3)31-22(27)16-20(14-18-10-6-4-7-11-18)23(28)26-21(17-30-24(26)29)15-19-12-8-5-9-13-19/h5,8-9,12-13,18,20-21H,4,6-7,10-11,14-17H2,1-3H3/t20?,21-/m1/s1. The van der Waals surface area contributed by atoms with E-state index in [1.807, 2.05) is 51.1 Å². The molecule has 1 saturated heterocycles. The van der Waals surface area contributed by atoms with Gasteiger partial charge in [-0.1, -0.05) is 62.4 Å². The highest BCUT2D eigenvalue weighted by Crippen LogP contribution is 2.32. The van der Waals surface area contributed by atoms with Crippen LogP contribution in [-0.4, -0.2) is 41.1 Å². The van der Waals surface area contributed by atoms with Crippen LogP contribution in [0.4, 0.5) is 4.79 Å². The summed E-state index contributed by atoms with van der Waals surface area (Å²) in [6.07, 6.45) is 6.20. The molecule has 2 atom stereocenters. The van der Waals surface area contributed by atoms with E-state index in [1.165, 1.54) is 11.3 Å². The molecule has 6 heteroatoms. The third-order valence-electron chi connectivity index (χ3n) is 6.04. The summed E-state index contributed by atoms with van der Waals surface area (Å²) < 4.78 is 10.7. The molecule has 1 aromatic rings. The Hall–Kier alpha value is -2.37. The lowest BCUT2D eigenvalue weighted by atomic mass is 9.81. The molecule has 2 amide bonds. The summed E-state index contributed by atoms with van der Waals surface area (Å²) in [7, 11) is 0. The summed E-state index contributed by atoms with van der Waals surface area (Å²) in [4.78, 5) is 39.9. The summed E-state index contributed by atoms with van der Waals surface area (Å²) in [5.74, 6) is -0.869. The first-order valence-corrected chi connectivity index (χ1v) is 11.5. The van der Waals surface area contributed by atoms with Crippen molar-refractivity contribution in [2.45, 2.75) is 83.8 Å². The van der Waals surface area contributed by atoms with Gasteiger partial charge in [-0.15, -0.1) is 0 Å². The number of carbonyl (C=O) groups excluding carboxylic acids is 3. The first kappa shape index (κ1) is 23.3. The van der Waals surface area contributed by atoms with Gasteiger partial charge in [0.25, 0.3) is 0 Å². The molecule has 31 heavy (non-hydrogen) atoms. The molecule has 1 saturated carbocycles. The van der Waals surface area contributed by atoms with Crippen molar-refractivity contribution in [2.24, 2.45) is 11.8 Å². The number of hydrogen-bond acceptors (Lipinski definition) is 5. The van der Waals surface area contributed by atoms with Gasteiger partial charge < -0.3 is 9.47 Å². The van der Waals surface area contributed by atoms with E-state index < -0.39 is 23.6 Å². The molecule has 1 unspecified atom stereocenters. The van der Waals surface area contributed by atoms with Crippen LogP contribution in [0.15, 0.2) is 30.3 Å². The number of imide groups is 1. The first-order chi connectivity index (χ1) is 14.7. The molecule has 0 N–H and O–H groups in total. The van der Waals surface area contributed by atoms with E-state index in [2.05, 4.69) is 0 Å². The summed E-state index contributed by atoms with van der Waals surface area (Å²) in [5, 5.41) is 0. The lowest BCUT2D eigenvalue weighted by molar-refractivity contribution is -0.158. The highest BCUT2D eigenvalue weighted by molar-refractivity contribution is 5.96. The Morgan fingerprint density at radius 1 is 1.13 bits per heavy atom. The van der Waals surface area contributed by atoms with Crippen LogP contribution < -0.4 is 0 Å². The zero-order valence-electron chi connectivity index (χ0n) is 19.0. The highest BCUT2D eigenvalue weighted by atomic mass is 16.6. The topological polar surface area (TPSA) is 72.9 Å². The maximum Gasteiger partial charge on any atom is 0.416 e. The Balaban J connectivity index is 1.75. The number of carbonyl (C=O) groups is 3. The van der Waals surface area contributed by atoms with Crippen LogP contribution in [0.5, 0.6) is 0 Å². The number of benzene rings is 1. The van der Waals surface area contributed by atoms with Gasteiger partial charge in [0.05, 0.1) is 12.5 Å². The van der Waals surface area contributed by atoms with E-state index in [0.29, 0.717) is 18.8 Å². The highest BCUT2D eigenvalue weighted by Gasteiger charge is 2.42. The smallest absolute Gasteiger partial charge is 0.416 e. The van der Waals surface area contributed by atoms with Gasteiger partial charge in [-0.2, -0.15) is 0 Å². The molecular weight excluding hydrogens is 394 g/mol. The lowest BCUT2D eigenvalue weighted by Gasteiger charge is -2.29. The van der Waals surface area contributed by atoms with Crippen molar-refractivity contribution in [3.63, 3.8) is 0 Å². The first-order valence-electron chi connectivity index (χ1n) is 11.5. The summed E-state index contributed by atoms with van der Waals surface area (Å²) in [5.41, 5.74) is 0.428. The van der Waals surface area contributed by atoms with Crippen LogP contribution in [0.3, 0.4) is 0 Å². The number of amides is 2. The average molecular weight is 430 g/mol. The molecule has 2 fully saturated rings. The monoisotopic (exact) mass is 429 g/mol. The Morgan fingerprint density at radius 3 is 2.45 bits per heavy atom. The average Bonchev–Trinajstić information content (AvgIpc) is 3.07. The number of ether oxygens (including phenoxy) is 2. The minimum Gasteiger partial charge on any atom is -0.460 e. The van der Waals surface area contributed by atoms with Gasteiger partial charge >= 0.3 is 12.1 Å². The maximum atomic E-state index is 13.5. The molecular formula is C25H35NO5. The van der Waals surface area contributed by atoms with Crippen molar-refractivity contribution in [3.8, 4) is 0 Å². The van der Waals surface area contributed by atoms with Gasteiger partial charge in [0.2, 0.25) is 5.91 Å². The van der Waals surface area contributed by atoms with Crippen molar-refractivity contribution >= 4 is 18.0 Å². The summed E-state index contributed by atoms with van der Waals surface area (Å²) in [6, 6.07) is 9.41. The Morgan fingerprint density at radius 2 is 1.81 bits per heavy atom. The second kappa shape index (κ2) is 10.3. The molecule has 170 valence electrons. The van der Waals surface area contributed by atoms with Gasteiger partial charge in [-0.25, -0.2) is 9.69 Å². The van der Waals surface area contributed by atoms with Gasteiger partial charge in [0.1, 0.15) is 12.2 Å². The molecule has 0 bridgehead atoms. The zero-order valence-corrected chi connectivity index (χ0v) is 19.0. The van der Waals surface area contributed by atoms with Crippen molar-refractivity contribution in [2.75, 3.05) is 6.61 Å². The molecule has 2 aliphatic rings. The van der Waals surface area contributed by atoms with Crippen LogP contribution in [0.1, 0.15) is 71.3 Å². The Bertz CT molecular complexity index is 764. The normalized spacial score (nSPS) is 20.9. The minimum atomic E-state index is -0.613. The molecule has 0 aromatic heterocycles. The largest absolute Gasteiger partial charge is 0.460 e. The molecule has 1 aromatic carbocycles. The van der Waals surface area contributed by atoms with E-state index in [-0.39, 0.29) is 25.0 Å². The van der Waals surface area contributed by atoms with E-state index in [1.54, 1.807) is 0 Å². The second-order valence-electron chi connectivity index (χ2n) is 9.86. The fraction of sp³-hybridized carbons (Fsp3) is 0.640. The number of rotatable bonds is 7. The number of hydrogen-bond donors (Lipinski definition) is 0. The van der Waals surface area contributed by atoms with Crippen molar-refractivity contribution in [3.05, 3.63) is 35.9 Å². The van der Waals surface area contributed by atoms with Crippen molar-refractivity contribution in [1.82, 2.24) is 4.90 Å². The molecule has 1 heterocycles. The SMILES string of the molecule is CC(C)(C)OC(=O)CC(CC1CCCCC1)C(=O)N1C(=O)OC[C@H]1Cc1ccccc1. The van der Waals surface area contributed by atoms with Crippen molar-refractivity contribution in [1.29, 1.82) is 0 Å². The van der Waals surface area contributed by atoms with Gasteiger partial charge in [0, 0.05) is 5.92 Å². The fourth-order valence-electron chi connectivity index (χ4n) is 4.64. The number of esters is 1. The molecule has 3 rings (SSSR count). The predicted molar refractivity (Wildman–Crippen MR) is 117 cm³/mol. The zero-order chi connectivity index (χ0) is 22.4.